The van der Waals surface area contributed by atoms with Crippen LogP contribution in [0.4, 0.5) is 8.78 Å². The van der Waals surface area contributed by atoms with Gasteiger partial charge >= 0.3 is 0 Å². The van der Waals surface area contributed by atoms with Gasteiger partial charge in [-0.1, -0.05) is 19.8 Å². The van der Waals surface area contributed by atoms with Crippen molar-refractivity contribution in [3.8, 4) is 0 Å². The van der Waals surface area contributed by atoms with Crippen LogP contribution in [0.2, 0.25) is 0 Å². The Bertz CT molecular complexity index is 490. The predicted octanol–water partition coefficient (Wildman–Crippen LogP) is 3.74. The van der Waals surface area contributed by atoms with Gasteiger partial charge in [-0.15, -0.1) is 0 Å². The summed E-state index contributed by atoms with van der Waals surface area (Å²) < 4.78 is 27.9. The zero-order valence-corrected chi connectivity index (χ0v) is 13.4. The molecule has 1 N–H and O–H groups in total. The van der Waals surface area contributed by atoms with Gasteiger partial charge in [0.2, 0.25) is 0 Å². The molecule has 1 fully saturated rings. The van der Waals surface area contributed by atoms with Crippen molar-refractivity contribution in [2.24, 2.45) is 5.92 Å². The summed E-state index contributed by atoms with van der Waals surface area (Å²) in [5, 5.41) is 3.25. The number of hydrogen-bond acceptors (Lipinski definition) is 2. The summed E-state index contributed by atoms with van der Waals surface area (Å²) in [4.78, 5) is 2.19. The van der Waals surface area contributed by atoms with Crippen molar-refractivity contribution in [2.75, 3.05) is 21.1 Å². The summed E-state index contributed by atoms with van der Waals surface area (Å²) in [5.41, 5.74) is 0.251. The van der Waals surface area contributed by atoms with Crippen LogP contribution < -0.4 is 5.32 Å². The third-order valence-corrected chi connectivity index (χ3v) is 4.99. The highest BCUT2D eigenvalue weighted by Crippen LogP contribution is 2.44. The molecule has 118 valence electrons. The van der Waals surface area contributed by atoms with Gasteiger partial charge in [0.15, 0.2) is 0 Å². The van der Waals surface area contributed by atoms with Crippen molar-refractivity contribution < 1.29 is 8.78 Å². The van der Waals surface area contributed by atoms with E-state index >= 15 is 0 Å². The van der Waals surface area contributed by atoms with E-state index < -0.39 is 0 Å². The van der Waals surface area contributed by atoms with E-state index in [0.717, 1.165) is 19.3 Å². The van der Waals surface area contributed by atoms with E-state index in [-0.39, 0.29) is 23.2 Å². The second kappa shape index (κ2) is 6.41. The fourth-order valence-corrected chi connectivity index (χ4v) is 3.94. The summed E-state index contributed by atoms with van der Waals surface area (Å²) in [6, 6.07) is 3.52. The van der Waals surface area contributed by atoms with E-state index in [1.807, 2.05) is 21.1 Å². The van der Waals surface area contributed by atoms with Crippen LogP contribution in [0.25, 0.3) is 0 Å². The van der Waals surface area contributed by atoms with Crippen LogP contribution in [0.15, 0.2) is 18.2 Å². The van der Waals surface area contributed by atoms with Gasteiger partial charge in [0.25, 0.3) is 0 Å². The minimum atomic E-state index is -0.385. The number of likely N-dealkylation sites (N-methyl/N-ethyl adjacent to an activating group) is 2. The monoisotopic (exact) mass is 296 g/mol. The first-order valence-electron chi connectivity index (χ1n) is 7.70. The molecule has 1 aliphatic rings. The molecule has 0 amide bonds. The number of nitrogens with zero attached hydrogens (tertiary/aromatic N) is 1. The summed E-state index contributed by atoms with van der Waals surface area (Å²) >= 11 is 0. The molecule has 0 saturated heterocycles. The van der Waals surface area contributed by atoms with Crippen molar-refractivity contribution >= 4 is 0 Å². The van der Waals surface area contributed by atoms with Gasteiger partial charge in [0.05, 0.1) is 6.04 Å². The fraction of sp³-hybridized carbons (Fsp3) is 0.647. The molecular formula is C17H26F2N2. The van der Waals surface area contributed by atoms with Gasteiger partial charge in [-0.2, -0.15) is 0 Å². The fourth-order valence-electron chi connectivity index (χ4n) is 3.94. The maximum Gasteiger partial charge on any atom is 0.128 e. The maximum atomic E-state index is 14.3. The molecule has 21 heavy (non-hydrogen) atoms. The molecule has 1 aliphatic carbocycles. The van der Waals surface area contributed by atoms with Crippen molar-refractivity contribution in [3.63, 3.8) is 0 Å². The third kappa shape index (κ3) is 3.11. The molecule has 0 bridgehead atoms. The predicted molar refractivity (Wildman–Crippen MR) is 82.2 cm³/mol. The highest BCUT2D eigenvalue weighted by atomic mass is 19.1. The first-order chi connectivity index (χ1) is 9.90. The first-order valence-corrected chi connectivity index (χ1v) is 7.70. The molecule has 0 heterocycles. The van der Waals surface area contributed by atoms with Crippen LogP contribution in [0, 0.1) is 17.6 Å². The molecule has 1 aromatic carbocycles. The Kier molecular flexibility index (Phi) is 4.99. The molecule has 4 heteroatoms. The minimum Gasteiger partial charge on any atom is -0.311 e. The van der Waals surface area contributed by atoms with Crippen LogP contribution in [0.1, 0.15) is 44.2 Å². The van der Waals surface area contributed by atoms with Gasteiger partial charge < -0.3 is 10.2 Å². The number of hydrogen-bond donors (Lipinski definition) is 1. The standard InChI is InChI=1S/C17H26F2N2/c1-12-6-5-9-17(11-12,21(3)4)16(20-2)14-10-13(18)7-8-15(14)19/h7-8,10,12,16,20H,5-6,9,11H2,1-4H3. The Morgan fingerprint density at radius 1 is 1.33 bits per heavy atom. The molecule has 0 aromatic heterocycles. The second-order valence-electron chi connectivity index (χ2n) is 6.59. The van der Waals surface area contributed by atoms with Crippen LogP contribution >= 0.6 is 0 Å². The molecule has 2 nitrogen and oxygen atoms in total. The maximum absolute atomic E-state index is 14.3. The molecule has 0 aliphatic heterocycles. The van der Waals surface area contributed by atoms with Crippen molar-refractivity contribution in [1.82, 2.24) is 10.2 Å². The zero-order valence-electron chi connectivity index (χ0n) is 13.4. The van der Waals surface area contributed by atoms with Crippen LogP contribution in [-0.4, -0.2) is 31.6 Å². The second-order valence-corrected chi connectivity index (χ2v) is 6.59. The Hall–Kier alpha value is -1.00. The molecule has 1 aromatic rings. The van der Waals surface area contributed by atoms with Gasteiger partial charge in [-0.25, -0.2) is 8.78 Å². The summed E-state index contributed by atoms with van der Waals surface area (Å²) in [7, 11) is 5.92. The highest BCUT2D eigenvalue weighted by molar-refractivity contribution is 5.26. The number of rotatable bonds is 4. The van der Waals surface area contributed by atoms with E-state index in [4.69, 9.17) is 0 Å². The smallest absolute Gasteiger partial charge is 0.128 e. The average molecular weight is 296 g/mol. The lowest BCUT2D eigenvalue weighted by Gasteiger charge is -2.50. The lowest BCUT2D eigenvalue weighted by molar-refractivity contribution is 0.0380. The molecule has 0 spiro atoms. The van der Waals surface area contributed by atoms with Crippen LogP contribution in [0.5, 0.6) is 0 Å². The normalized spacial score (nSPS) is 27.9. The molecule has 0 radical (unpaired) electrons. The number of benzene rings is 1. The van der Waals surface area contributed by atoms with E-state index in [0.29, 0.717) is 11.5 Å². The highest BCUT2D eigenvalue weighted by Gasteiger charge is 2.44. The number of nitrogens with one attached hydrogen (secondary N) is 1. The Morgan fingerprint density at radius 3 is 2.62 bits per heavy atom. The Balaban J connectivity index is 2.47. The molecule has 3 unspecified atom stereocenters. The van der Waals surface area contributed by atoms with E-state index in [9.17, 15) is 8.78 Å². The topological polar surface area (TPSA) is 15.3 Å². The lowest BCUT2D eigenvalue weighted by atomic mass is 9.69. The van der Waals surface area contributed by atoms with Crippen LogP contribution in [0.3, 0.4) is 0 Å². The van der Waals surface area contributed by atoms with Crippen molar-refractivity contribution in [2.45, 2.75) is 44.2 Å². The van der Waals surface area contributed by atoms with Crippen LogP contribution in [-0.2, 0) is 0 Å². The molecule has 1 saturated carbocycles. The first kappa shape index (κ1) is 16.4. The SMILES string of the molecule is CNC(c1cc(F)ccc1F)C1(N(C)C)CCCC(C)C1. The van der Waals surface area contributed by atoms with Gasteiger partial charge in [0.1, 0.15) is 11.6 Å². The summed E-state index contributed by atoms with van der Waals surface area (Å²) in [6.45, 7) is 2.24. The largest absolute Gasteiger partial charge is 0.311 e. The Morgan fingerprint density at radius 2 is 2.05 bits per heavy atom. The van der Waals surface area contributed by atoms with E-state index in [1.165, 1.54) is 24.6 Å². The van der Waals surface area contributed by atoms with E-state index in [1.54, 1.807) is 0 Å². The van der Waals surface area contributed by atoms with Gasteiger partial charge in [-0.05, 0) is 58.1 Å². The van der Waals surface area contributed by atoms with Gasteiger partial charge in [0, 0.05) is 11.1 Å². The molecular weight excluding hydrogens is 270 g/mol. The van der Waals surface area contributed by atoms with Gasteiger partial charge in [-0.3, -0.25) is 0 Å². The van der Waals surface area contributed by atoms with E-state index in [2.05, 4.69) is 17.1 Å². The lowest BCUT2D eigenvalue weighted by Crippen LogP contribution is -2.55. The number of halogens is 2. The average Bonchev–Trinajstić information content (AvgIpc) is 2.43. The van der Waals surface area contributed by atoms with Crippen molar-refractivity contribution in [3.05, 3.63) is 35.4 Å². The zero-order chi connectivity index (χ0) is 15.6. The molecule has 3 atom stereocenters. The molecule has 2 rings (SSSR count). The quantitative estimate of drug-likeness (QED) is 0.910. The Labute approximate surface area is 126 Å². The third-order valence-electron chi connectivity index (χ3n) is 4.99. The van der Waals surface area contributed by atoms with Crippen molar-refractivity contribution in [1.29, 1.82) is 0 Å². The summed E-state index contributed by atoms with van der Waals surface area (Å²) in [6.07, 6.45) is 4.30. The summed E-state index contributed by atoms with van der Waals surface area (Å²) in [5.74, 6) is -0.131. The minimum absolute atomic E-state index is 0.180.